The van der Waals surface area contributed by atoms with E-state index in [1.807, 2.05) is 0 Å². The Labute approximate surface area is 133 Å². The SMILES string of the molecule is C[C@@H]1CCc2c(sc3ncnc(SCC(=O)N(C)C)c23)C1. The van der Waals surface area contributed by atoms with Crippen LogP contribution in [0.3, 0.4) is 0 Å². The number of carbonyl (C=O) groups is 1. The summed E-state index contributed by atoms with van der Waals surface area (Å²) < 4.78 is 0. The summed E-state index contributed by atoms with van der Waals surface area (Å²) in [5, 5.41) is 2.16. The molecule has 0 N–H and O–H groups in total. The van der Waals surface area contributed by atoms with Crippen molar-refractivity contribution in [3.8, 4) is 0 Å². The smallest absolute Gasteiger partial charge is 0.232 e. The normalized spacial score (nSPS) is 17.8. The van der Waals surface area contributed by atoms with Gasteiger partial charge >= 0.3 is 0 Å². The monoisotopic (exact) mass is 321 g/mol. The summed E-state index contributed by atoms with van der Waals surface area (Å²) in [5.74, 6) is 1.30. The van der Waals surface area contributed by atoms with Gasteiger partial charge in [0.1, 0.15) is 16.2 Å². The van der Waals surface area contributed by atoms with Crippen LogP contribution in [0, 0.1) is 5.92 Å². The summed E-state index contributed by atoms with van der Waals surface area (Å²) in [7, 11) is 3.57. The van der Waals surface area contributed by atoms with Gasteiger partial charge in [0.05, 0.1) is 5.75 Å². The number of amides is 1. The maximum Gasteiger partial charge on any atom is 0.232 e. The van der Waals surface area contributed by atoms with E-state index in [0.29, 0.717) is 5.75 Å². The van der Waals surface area contributed by atoms with Crippen molar-refractivity contribution >= 4 is 39.2 Å². The molecule has 0 bridgehead atoms. The van der Waals surface area contributed by atoms with Gasteiger partial charge in [0.15, 0.2) is 0 Å². The molecule has 112 valence electrons. The molecule has 0 saturated heterocycles. The first-order chi connectivity index (χ1) is 10.1. The van der Waals surface area contributed by atoms with E-state index in [-0.39, 0.29) is 5.91 Å². The van der Waals surface area contributed by atoms with Gasteiger partial charge in [-0.05, 0) is 30.7 Å². The summed E-state index contributed by atoms with van der Waals surface area (Å²) in [6.07, 6.45) is 5.11. The van der Waals surface area contributed by atoms with Crippen molar-refractivity contribution < 1.29 is 4.79 Å². The third-order valence-corrected chi connectivity index (χ3v) is 6.02. The van der Waals surface area contributed by atoms with Crippen molar-refractivity contribution in [2.24, 2.45) is 5.92 Å². The molecule has 3 rings (SSSR count). The minimum Gasteiger partial charge on any atom is -0.348 e. The van der Waals surface area contributed by atoms with Crippen LogP contribution in [0.4, 0.5) is 0 Å². The average Bonchev–Trinajstić information content (AvgIpc) is 2.82. The Bertz CT molecular complexity index is 681. The number of hydrogen-bond donors (Lipinski definition) is 0. The Morgan fingerprint density at radius 1 is 1.48 bits per heavy atom. The van der Waals surface area contributed by atoms with Gasteiger partial charge in [-0.25, -0.2) is 9.97 Å². The molecule has 2 heterocycles. The molecule has 1 aliphatic carbocycles. The third-order valence-electron chi connectivity index (χ3n) is 3.89. The van der Waals surface area contributed by atoms with Gasteiger partial charge in [0, 0.05) is 24.4 Å². The predicted octanol–water partition coefficient (Wildman–Crippen LogP) is 3.00. The minimum atomic E-state index is 0.115. The fraction of sp³-hybridized carbons (Fsp3) is 0.533. The van der Waals surface area contributed by atoms with Gasteiger partial charge in [-0.15, -0.1) is 11.3 Å². The van der Waals surface area contributed by atoms with Crippen molar-refractivity contribution in [1.82, 2.24) is 14.9 Å². The van der Waals surface area contributed by atoms with Gasteiger partial charge in [0.2, 0.25) is 5.91 Å². The first kappa shape index (κ1) is 14.8. The number of nitrogens with zero attached hydrogens (tertiary/aromatic N) is 3. The molecular weight excluding hydrogens is 302 g/mol. The lowest BCUT2D eigenvalue weighted by molar-refractivity contribution is -0.125. The molecule has 0 saturated carbocycles. The molecule has 1 atom stereocenters. The zero-order valence-electron chi connectivity index (χ0n) is 12.5. The van der Waals surface area contributed by atoms with Crippen LogP contribution in [-0.4, -0.2) is 40.6 Å². The van der Waals surface area contributed by atoms with Crippen molar-refractivity contribution in [2.75, 3.05) is 19.8 Å². The summed E-state index contributed by atoms with van der Waals surface area (Å²) in [6.45, 7) is 2.31. The van der Waals surface area contributed by atoms with Crippen LogP contribution in [0.5, 0.6) is 0 Å². The molecule has 2 aromatic rings. The standard InChI is InChI=1S/C15H19N3OS2/c1-9-4-5-10-11(6-9)21-15-13(10)14(16-8-17-15)20-7-12(19)18(2)3/h8-9H,4-7H2,1-3H3/t9-/m1/s1. The fourth-order valence-corrected chi connectivity index (χ4v) is 5.03. The molecule has 2 aromatic heterocycles. The molecule has 0 unspecified atom stereocenters. The number of hydrogen-bond acceptors (Lipinski definition) is 5. The lowest BCUT2D eigenvalue weighted by Gasteiger charge is -2.18. The number of fused-ring (bicyclic) bond motifs is 3. The van der Waals surface area contributed by atoms with Crippen molar-refractivity contribution in [3.63, 3.8) is 0 Å². The largest absolute Gasteiger partial charge is 0.348 e. The van der Waals surface area contributed by atoms with E-state index in [4.69, 9.17) is 0 Å². The van der Waals surface area contributed by atoms with Gasteiger partial charge in [-0.3, -0.25) is 4.79 Å². The molecule has 0 fully saturated rings. The van der Waals surface area contributed by atoms with E-state index < -0.39 is 0 Å². The number of thiophene rings is 1. The van der Waals surface area contributed by atoms with E-state index in [1.165, 1.54) is 34.0 Å². The highest BCUT2D eigenvalue weighted by atomic mass is 32.2. The lowest BCUT2D eigenvalue weighted by atomic mass is 9.89. The Balaban J connectivity index is 1.94. The molecular formula is C15H19N3OS2. The molecule has 1 amide bonds. The van der Waals surface area contributed by atoms with Gasteiger partial charge in [-0.2, -0.15) is 0 Å². The second-order valence-electron chi connectivity index (χ2n) is 5.79. The maximum atomic E-state index is 11.8. The van der Waals surface area contributed by atoms with Gasteiger partial charge in [0.25, 0.3) is 0 Å². The van der Waals surface area contributed by atoms with E-state index in [0.717, 1.165) is 28.6 Å². The number of carbonyl (C=O) groups excluding carboxylic acids is 1. The minimum absolute atomic E-state index is 0.115. The number of rotatable bonds is 3. The number of aryl methyl sites for hydroxylation is 1. The fourth-order valence-electron chi connectivity index (χ4n) is 2.61. The summed E-state index contributed by atoms with van der Waals surface area (Å²) in [4.78, 5) is 24.8. The second kappa shape index (κ2) is 5.93. The molecule has 0 radical (unpaired) electrons. The van der Waals surface area contributed by atoms with Crippen LogP contribution >= 0.6 is 23.1 Å². The number of aromatic nitrogens is 2. The Morgan fingerprint density at radius 2 is 2.29 bits per heavy atom. The molecule has 0 aromatic carbocycles. The summed E-state index contributed by atoms with van der Waals surface area (Å²) in [5.41, 5.74) is 1.42. The van der Waals surface area contributed by atoms with Gasteiger partial charge < -0.3 is 4.90 Å². The summed E-state index contributed by atoms with van der Waals surface area (Å²) in [6, 6.07) is 0. The first-order valence-corrected chi connectivity index (χ1v) is 8.94. The van der Waals surface area contributed by atoms with Crippen molar-refractivity contribution in [3.05, 3.63) is 16.8 Å². The Morgan fingerprint density at radius 3 is 3.05 bits per heavy atom. The maximum absolute atomic E-state index is 11.8. The van der Waals surface area contributed by atoms with Crippen molar-refractivity contribution in [1.29, 1.82) is 0 Å². The van der Waals surface area contributed by atoms with E-state index in [2.05, 4.69) is 16.9 Å². The molecule has 0 spiro atoms. The van der Waals surface area contributed by atoms with E-state index in [1.54, 1.807) is 36.7 Å². The highest BCUT2D eigenvalue weighted by Gasteiger charge is 2.23. The highest BCUT2D eigenvalue weighted by molar-refractivity contribution is 8.00. The van der Waals surface area contributed by atoms with E-state index in [9.17, 15) is 4.79 Å². The molecule has 4 nitrogen and oxygen atoms in total. The number of thioether (sulfide) groups is 1. The quantitative estimate of drug-likeness (QED) is 0.644. The Hall–Kier alpha value is -1.14. The lowest BCUT2D eigenvalue weighted by Crippen LogP contribution is -2.23. The van der Waals surface area contributed by atoms with Crippen LogP contribution in [-0.2, 0) is 17.6 Å². The zero-order valence-corrected chi connectivity index (χ0v) is 14.2. The van der Waals surface area contributed by atoms with Crippen LogP contribution < -0.4 is 0 Å². The topological polar surface area (TPSA) is 46.1 Å². The van der Waals surface area contributed by atoms with Gasteiger partial charge in [-0.1, -0.05) is 18.7 Å². The molecule has 21 heavy (non-hydrogen) atoms. The average molecular weight is 321 g/mol. The van der Waals surface area contributed by atoms with Crippen LogP contribution in [0.1, 0.15) is 23.8 Å². The molecule has 0 aliphatic heterocycles. The van der Waals surface area contributed by atoms with Crippen LogP contribution in [0.2, 0.25) is 0 Å². The zero-order chi connectivity index (χ0) is 15.0. The molecule has 6 heteroatoms. The van der Waals surface area contributed by atoms with Crippen molar-refractivity contribution in [2.45, 2.75) is 31.2 Å². The predicted molar refractivity (Wildman–Crippen MR) is 88.0 cm³/mol. The second-order valence-corrected chi connectivity index (χ2v) is 7.84. The summed E-state index contributed by atoms with van der Waals surface area (Å²) >= 11 is 3.33. The Kier molecular flexibility index (Phi) is 4.17. The van der Waals surface area contributed by atoms with E-state index >= 15 is 0 Å². The molecule has 1 aliphatic rings. The van der Waals surface area contributed by atoms with Crippen LogP contribution in [0.25, 0.3) is 10.2 Å². The third kappa shape index (κ3) is 2.92. The highest BCUT2D eigenvalue weighted by Crippen LogP contribution is 2.40. The first-order valence-electron chi connectivity index (χ1n) is 7.14. The van der Waals surface area contributed by atoms with Crippen LogP contribution in [0.15, 0.2) is 11.4 Å².